The monoisotopic (exact) mass is 501 g/mol. The molecular formula is C28H32FN7O. The molecule has 1 saturated heterocycles. The van der Waals surface area contributed by atoms with Gasteiger partial charge in [-0.15, -0.1) is 0 Å². The van der Waals surface area contributed by atoms with Gasteiger partial charge in [-0.1, -0.05) is 18.2 Å². The maximum Gasteiger partial charge on any atom is 0.164 e. The molecule has 1 atom stereocenters. The zero-order chi connectivity index (χ0) is 25.4. The maximum atomic E-state index is 15.4. The fourth-order valence-electron chi connectivity index (χ4n) is 5.78. The number of piperazine rings is 1. The number of aromatic nitrogens is 4. The normalized spacial score (nSPS) is 22.8. The third-order valence-electron chi connectivity index (χ3n) is 7.62. The lowest BCUT2D eigenvalue weighted by molar-refractivity contribution is 0.105. The quantitative estimate of drug-likeness (QED) is 0.406. The van der Waals surface area contributed by atoms with Gasteiger partial charge in [-0.3, -0.25) is 4.90 Å². The first-order valence-electron chi connectivity index (χ1n) is 13.1. The van der Waals surface area contributed by atoms with Crippen molar-refractivity contribution in [2.75, 3.05) is 25.4 Å². The molecule has 3 heterocycles. The van der Waals surface area contributed by atoms with Crippen LogP contribution < -0.4 is 15.8 Å². The van der Waals surface area contributed by atoms with Crippen molar-refractivity contribution < 1.29 is 9.13 Å². The first-order valence-corrected chi connectivity index (χ1v) is 13.1. The van der Waals surface area contributed by atoms with E-state index in [1.54, 1.807) is 12.1 Å². The molecule has 0 radical (unpaired) electrons. The number of nitrogen functional groups attached to an aromatic ring is 1. The second-order valence-electron chi connectivity index (χ2n) is 10.1. The second kappa shape index (κ2) is 10.1. The second-order valence-corrected chi connectivity index (χ2v) is 10.1. The van der Waals surface area contributed by atoms with Crippen molar-refractivity contribution in [3.05, 3.63) is 60.7 Å². The predicted octanol–water partition coefficient (Wildman–Crippen LogP) is 4.78. The Balaban J connectivity index is 1.28. The SMILES string of the molecule is C[C@H]1CN([C@H]2CC[C@H](n3nc(-c4ccc(Oc5ccccc5)cc4F)c4c(N)ncnc43)CC2)CCN1. The Bertz CT molecular complexity index is 1380. The van der Waals surface area contributed by atoms with Crippen molar-refractivity contribution in [3.8, 4) is 22.8 Å². The Labute approximate surface area is 215 Å². The van der Waals surface area contributed by atoms with E-state index >= 15 is 4.39 Å². The summed E-state index contributed by atoms with van der Waals surface area (Å²) in [7, 11) is 0. The molecule has 192 valence electrons. The predicted molar refractivity (Wildman–Crippen MR) is 142 cm³/mol. The highest BCUT2D eigenvalue weighted by atomic mass is 19.1. The number of rotatable bonds is 5. The van der Waals surface area contributed by atoms with Gasteiger partial charge < -0.3 is 15.8 Å². The van der Waals surface area contributed by atoms with Gasteiger partial charge in [0.15, 0.2) is 5.65 Å². The van der Waals surface area contributed by atoms with Crippen molar-refractivity contribution in [1.82, 2.24) is 30.0 Å². The van der Waals surface area contributed by atoms with E-state index in [-0.39, 0.29) is 6.04 Å². The Morgan fingerprint density at radius 1 is 1.00 bits per heavy atom. The molecule has 1 aliphatic carbocycles. The van der Waals surface area contributed by atoms with Crippen LogP contribution in [0.2, 0.25) is 0 Å². The van der Waals surface area contributed by atoms with Crippen LogP contribution in [0.1, 0.15) is 38.6 Å². The maximum absolute atomic E-state index is 15.4. The van der Waals surface area contributed by atoms with Gasteiger partial charge in [0.25, 0.3) is 0 Å². The highest BCUT2D eigenvalue weighted by Gasteiger charge is 2.31. The number of halogens is 1. The fourth-order valence-corrected chi connectivity index (χ4v) is 5.78. The van der Waals surface area contributed by atoms with Crippen molar-refractivity contribution in [2.45, 2.75) is 50.7 Å². The van der Waals surface area contributed by atoms with Crippen LogP contribution in [0.5, 0.6) is 11.5 Å². The Kier molecular flexibility index (Phi) is 6.48. The summed E-state index contributed by atoms with van der Waals surface area (Å²) in [5.74, 6) is 0.937. The van der Waals surface area contributed by atoms with Crippen LogP contribution in [0, 0.1) is 5.82 Å². The Morgan fingerprint density at radius 2 is 1.78 bits per heavy atom. The summed E-state index contributed by atoms with van der Waals surface area (Å²) in [6.45, 7) is 5.49. The summed E-state index contributed by atoms with van der Waals surface area (Å²) in [4.78, 5) is 11.3. The van der Waals surface area contributed by atoms with E-state index in [4.69, 9.17) is 15.6 Å². The zero-order valence-corrected chi connectivity index (χ0v) is 21.0. The molecule has 0 spiro atoms. The summed E-state index contributed by atoms with van der Waals surface area (Å²) in [6.07, 6.45) is 5.66. The topological polar surface area (TPSA) is 94.1 Å². The van der Waals surface area contributed by atoms with E-state index < -0.39 is 5.82 Å². The van der Waals surface area contributed by atoms with Gasteiger partial charge in [-0.05, 0) is 56.9 Å². The summed E-state index contributed by atoms with van der Waals surface area (Å²) >= 11 is 0. The number of anilines is 1. The van der Waals surface area contributed by atoms with Crippen LogP contribution >= 0.6 is 0 Å². The molecule has 2 fully saturated rings. The molecule has 2 aromatic heterocycles. The van der Waals surface area contributed by atoms with Gasteiger partial charge in [-0.2, -0.15) is 5.10 Å². The molecular weight excluding hydrogens is 469 g/mol. The summed E-state index contributed by atoms with van der Waals surface area (Å²) in [5.41, 5.74) is 7.77. The molecule has 6 rings (SSSR count). The third kappa shape index (κ3) is 4.76. The molecule has 9 heteroatoms. The molecule has 3 N–H and O–H groups in total. The molecule has 2 aliphatic rings. The van der Waals surface area contributed by atoms with Crippen molar-refractivity contribution in [3.63, 3.8) is 0 Å². The number of ether oxygens (including phenoxy) is 1. The van der Waals surface area contributed by atoms with Crippen molar-refractivity contribution >= 4 is 16.9 Å². The molecule has 8 nitrogen and oxygen atoms in total. The van der Waals surface area contributed by atoms with Crippen LogP contribution in [-0.2, 0) is 0 Å². The summed E-state index contributed by atoms with van der Waals surface area (Å²) < 4.78 is 23.2. The number of hydrogen-bond acceptors (Lipinski definition) is 7. The Hall–Kier alpha value is -3.56. The van der Waals surface area contributed by atoms with Crippen LogP contribution in [0.15, 0.2) is 54.9 Å². The number of fused-ring (bicyclic) bond motifs is 1. The molecule has 0 amide bonds. The third-order valence-corrected chi connectivity index (χ3v) is 7.62. The van der Waals surface area contributed by atoms with Crippen molar-refractivity contribution in [2.24, 2.45) is 0 Å². The largest absolute Gasteiger partial charge is 0.457 e. The van der Waals surface area contributed by atoms with Crippen LogP contribution in [0.25, 0.3) is 22.3 Å². The van der Waals surface area contributed by atoms with Crippen molar-refractivity contribution in [1.29, 1.82) is 0 Å². The number of benzene rings is 2. The standard InChI is InChI=1S/C28H32FN7O/c1-18-16-35(14-13-31-18)19-7-9-20(10-8-19)36-28-25(27(30)32-17-33-28)26(34-36)23-12-11-22(15-24(23)29)37-21-5-3-2-4-6-21/h2-6,11-12,15,17-20,31H,7-10,13-14,16H2,1H3,(H2,30,32,33)/t18-,19-,20-/m0/s1. The van der Waals surface area contributed by atoms with E-state index in [1.165, 1.54) is 12.4 Å². The fraction of sp³-hybridized carbons (Fsp3) is 0.393. The van der Waals surface area contributed by atoms with Crippen LogP contribution in [0.3, 0.4) is 0 Å². The summed E-state index contributed by atoms with van der Waals surface area (Å²) in [5, 5.41) is 9.02. The molecule has 1 aliphatic heterocycles. The number of hydrogen-bond donors (Lipinski definition) is 2. The van der Waals surface area contributed by atoms with Crippen LogP contribution in [0.4, 0.5) is 10.2 Å². The van der Waals surface area contributed by atoms with Gasteiger partial charge in [0, 0.05) is 43.3 Å². The number of nitrogens with one attached hydrogen (secondary N) is 1. The average Bonchev–Trinajstić information content (AvgIpc) is 3.30. The average molecular weight is 502 g/mol. The van der Waals surface area contributed by atoms with Crippen LogP contribution in [-0.4, -0.2) is 56.4 Å². The lowest BCUT2D eigenvalue weighted by atomic mass is 9.89. The number of nitrogens with zero attached hydrogens (tertiary/aromatic N) is 5. The first kappa shape index (κ1) is 23.8. The minimum atomic E-state index is -0.431. The van der Waals surface area contributed by atoms with E-state index in [0.29, 0.717) is 51.7 Å². The van der Waals surface area contributed by atoms with Gasteiger partial charge in [0.05, 0.1) is 11.4 Å². The minimum Gasteiger partial charge on any atom is -0.457 e. The molecule has 37 heavy (non-hydrogen) atoms. The van der Waals surface area contributed by atoms with Gasteiger partial charge in [0.2, 0.25) is 0 Å². The molecule has 0 unspecified atom stereocenters. The molecule has 0 bridgehead atoms. The van der Waals surface area contributed by atoms with E-state index in [0.717, 1.165) is 45.3 Å². The van der Waals surface area contributed by atoms with E-state index in [2.05, 4.69) is 27.1 Å². The van der Waals surface area contributed by atoms with Gasteiger partial charge >= 0.3 is 0 Å². The smallest absolute Gasteiger partial charge is 0.164 e. The minimum absolute atomic E-state index is 0.186. The molecule has 4 aromatic rings. The number of nitrogens with two attached hydrogens (primary N) is 1. The van der Waals surface area contributed by atoms with Gasteiger partial charge in [-0.25, -0.2) is 19.0 Å². The van der Waals surface area contributed by atoms with Gasteiger partial charge in [0.1, 0.15) is 35.2 Å². The molecule has 2 aromatic carbocycles. The highest BCUT2D eigenvalue weighted by molar-refractivity contribution is 5.98. The zero-order valence-electron chi connectivity index (χ0n) is 21.0. The molecule has 1 saturated carbocycles. The lowest BCUT2D eigenvalue weighted by Crippen LogP contribution is -2.53. The van der Waals surface area contributed by atoms with E-state index in [1.807, 2.05) is 35.0 Å². The highest BCUT2D eigenvalue weighted by Crippen LogP contribution is 2.38. The van der Waals surface area contributed by atoms with E-state index in [9.17, 15) is 0 Å². The number of para-hydroxylation sites is 1. The summed E-state index contributed by atoms with van der Waals surface area (Å²) in [6, 6.07) is 15.4. The Morgan fingerprint density at radius 3 is 2.54 bits per heavy atom. The first-order chi connectivity index (χ1) is 18.1. The lowest BCUT2D eigenvalue weighted by Gasteiger charge is -2.41.